The summed E-state index contributed by atoms with van der Waals surface area (Å²) in [5.74, 6) is 0. The topological polar surface area (TPSA) is 35.5 Å². The first-order valence-corrected chi connectivity index (χ1v) is 3.35. The van der Waals surface area contributed by atoms with Gasteiger partial charge < -0.3 is 9.47 Å². The Bertz CT molecular complexity index is 114. The number of hydrogen-bond acceptors (Lipinski definition) is 3. The van der Waals surface area contributed by atoms with Gasteiger partial charge in [-0.15, -0.1) is 0 Å². The van der Waals surface area contributed by atoms with E-state index in [1.54, 1.807) is 0 Å². The number of carbonyl (C=O) groups excluding carboxylic acids is 1. The Labute approximate surface area is 60.5 Å². The van der Waals surface area contributed by atoms with Crippen molar-refractivity contribution >= 4 is 28.7 Å². The van der Waals surface area contributed by atoms with Crippen molar-refractivity contribution in [2.24, 2.45) is 0 Å². The molecular formula is C4H5IO3. The van der Waals surface area contributed by atoms with Gasteiger partial charge in [0.2, 0.25) is 0 Å². The number of ether oxygens (including phenoxy) is 2. The van der Waals surface area contributed by atoms with Gasteiger partial charge in [0.25, 0.3) is 0 Å². The Balaban J connectivity index is 2.40. The van der Waals surface area contributed by atoms with E-state index in [-0.39, 0.29) is 0 Å². The number of alkyl halides is 1. The van der Waals surface area contributed by atoms with Crippen LogP contribution in [-0.2, 0) is 9.47 Å². The van der Waals surface area contributed by atoms with Gasteiger partial charge in [-0.2, -0.15) is 0 Å². The fourth-order valence-electron chi connectivity index (χ4n) is 0.401. The highest BCUT2D eigenvalue weighted by Gasteiger charge is 2.44. The minimum atomic E-state index is -0.644. The molecule has 0 aliphatic carbocycles. The molecule has 0 aromatic carbocycles. The van der Waals surface area contributed by atoms with Gasteiger partial charge in [-0.05, 0) is 0 Å². The molecule has 46 valence electrons. The highest BCUT2D eigenvalue weighted by atomic mass is 127. The Morgan fingerprint density at radius 2 is 2.25 bits per heavy atom. The van der Waals surface area contributed by atoms with E-state index in [0.29, 0.717) is 6.42 Å². The van der Waals surface area contributed by atoms with Gasteiger partial charge in [-0.1, -0.05) is 6.92 Å². The molecule has 0 unspecified atom stereocenters. The fourth-order valence-corrected chi connectivity index (χ4v) is 0.760. The van der Waals surface area contributed by atoms with Crippen LogP contribution in [0.3, 0.4) is 0 Å². The van der Waals surface area contributed by atoms with E-state index in [0.717, 1.165) is 0 Å². The molecule has 0 spiro atoms. The normalized spacial score (nSPS) is 23.0. The molecule has 8 heavy (non-hydrogen) atoms. The van der Waals surface area contributed by atoms with Crippen LogP contribution in [0.15, 0.2) is 0 Å². The zero-order valence-electron chi connectivity index (χ0n) is 4.31. The Morgan fingerprint density at radius 3 is 2.38 bits per heavy atom. The van der Waals surface area contributed by atoms with Crippen LogP contribution in [0.2, 0.25) is 0 Å². The molecule has 0 amide bonds. The third-order valence-electron chi connectivity index (χ3n) is 0.894. The molecule has 0 aromatic heterocycles. The lowest BCUT2D eigenvalue weighted by molar-refractivity contribution is -0.196. The average molecular weight is 228 g/mol. The molecule has 0 radical (unpaired) electrons. The third kappa shape index (κ3) is 0.888. The smallest absolute Gasteiger partial charge is 0.381 e. The van der Waals surface area contributed by atoms with Crippen molar-refractivity contribution in [3.05, 3.63) is 0 Å². The minimum absolute atomic E-state index is 0.568. The van der Waals surface area contributed by atoms with Gasteiger partial charge in [0.05, 0.1) is 0 Å². The molecule has 1 aliphatic rings. The van der Waals surface area contributed by atoms with Crippen LogP contribution in [-0.4, -0.2) is 9.95 Å². The quantitative estimate of drug-likeness (QED) is 0.389. The number of rotatable bonds is 1. The third-order valence-corrected chi connectivity index (χ3v) is 2.10. The van der Waals surface area contributed by atoms with Crippen molar-refractivity contribution < 1.29 is 14.3 Å². The van der Waals surface area contributed by atoms with Crippen LogP contribution < -0.4 is 0 Å². The lowest BCUT2D eigenvalue weighted by Crippen LogP contribution is -2.43. The van der Waals surface area contributed by atoms with Gasteiger partial charge in [0, 0.05) is 29.0 Å². The molecule has 0 saturated carbocycles. The number of carbonyl (C=O) groups is 1. The minimum Gasteiger partial charge on any atom is -0.381 e. The van der Waals surface area contributed by atoms with E-state index >= 15 is 0 Å². The first-order chi connectivity index (χ1) is 3.66. The molecule has 0 N–H and O–H groups in total. The Hall–Kier alpha value is 0. The van der Waals surface area contributed by atoms with Crippen LogP contribution in [0.1, 0.15) is 13.3 Å². The van der Waals surface area contributed by atoms with Gasteiger partial charge >= 0.3 is 9.95 Å². The van der Waals surface area contributed by atoms with Crippen LogP contribution >= 0.6 is 22.6 Å². The maximum atomic E-state index is 10.0. The Kier molecular flexibility index (Phi) is 1.34. The number of cyclic esters (lactones) is 2. The molecule has 0 atom stereocenters. The van der Waals surface area contributed by atoms with Gasteiger partial charge in [0.1, 0.15) is 0 Å². The second kappa shape index (κ2) is 1.75. The van der Waals surface area contributed by atoms with Crippen molar-refractivity contribution in [3.8, 4) is 0 Å². The standard InChI is InChI=1S/C4H5IO3/c1-2-4(5)7-3(6)8-4/h2H2,1H3. The van der Waals surface area contributed by atoms with Crippen LogP contribution in [0, 0.1) is 0 Å². The molecule has 1 saturated heterocycles. The molecular weight excluding hydrogens is 223 g/mol. The van der Waals surface area contributed by atoms with Crippen LogP contribution in [0.5, 0.6) is 0 Å². The molecule has 0 bridgehead atoms. The van der Waals surface area contributed by atoms with E-state index in [2.05, 4.69) is 9.47 Å². The van der Waals surface area contributed by atoms with Crippen molar-refractivity contribution in [2.75, 3.05) is 0 Å². The maximum absolute atomic E-state index is 10.0. The summed E-state index contributed by atoms with van der Waals surface area (Å²) in [4.78, 5) is 10.0. The van der Waals surface area contributed by atoms with E-state index in [1.807, 2.05) is 29.5 Å². The summed E-state index contributed by atoms with van der Waals surface area (Å²) in [5, 5.41) is 0. The molecule has 1 heterocycles. The predicted molar refractivity (Wildman–Crippen MR) is 34.6 cm³/mol. The van der Waals surface area contributed by atoms with Crippen LogP contribution in [0.25, 0.3) is 0 Å². The highest BCUT2D eigenvalue weighted by molar-refractivity contribution is 14.1. The second-order valence-electron chi connectivity index (χ2n) is 1.47. The van der Waals surface area contributed by atoms with Crippen molar-refractivity contribution in [2.45, 2.75) is 17.1 Å². The predicted octanol–water partition coefficient (Wildman–Crippen LogP) is 1.65. The van der Waals surface area contributed by atoms with Crippen molar-refractivity contribution in [1.29, 1.82) is 0 Å². The first-order valence-electron chi connectivity index (χ1n) is 2.27. The summed E-state index contributed by atoms with van der Waals surface area (Å²) >= 11 is 1.94. The van der Waals surface area contributed by atoms with Gasteiger partial charge in [-0.25, -0.2) is 4.79 Å². The van der Waals surface area contributed by atoms with Gasteiger partial charge in [-0.3, -0.25) is 0 Å². The summed E-state index contributed by atoms with van der Waals surface area (Å²) in [6, 6.07) is 0. The van der Waals surface area contributed by atoms with E-state index in [4.69, 9.17) is 0 Å². The lowest BCUT2D eigenvalue weighted by atomic mass is 10.4. The average Bonchev–Trinajstić information content (AvgIpc) is 1.63. The molecule has 1 aliphatic heterocycles. The summed E-state index contributed by atoms with van der Waals surface area (Å²) < 4.78 is 8.56. The summed E-state index contributed by atoms with van der Waals surface area (Å²) in [5.41, 5.74) is 0. The molecule has 1 rings (SSSR count). The number of halogens is 1. The monoisotopic (exact) mass is 228 g/mol. The first kappa shape index (κ1) is 6.12. The molecule has 1 fully saturated rings. The number of hydrogen-bond donors (Lipinski definition) is 0. The van der Waals surface area contributed by atoms with Crippen molar-refractivity contribution in [3.63, 3.8) is 0 Å². The maximum Gasteiger partial charge on any atom is 0.516 e. The van der Waals surface area contributed by atoms with Crippen molar-refractivity contribution in [1.82, 2.24) is 0 Å². The van der Waals surface area contributed by atoms with Crippen LogP contribution in [0.4, 0.5) is 4.79 Å². The van der Waals surface area contributed by atoms with E-state index < -0.39 is 9.95 Å². The summed E-state index contributed by atoms with van der Waals surface area (Å²) in [6.45, 7) is 1.89. The zero-order chi connectivity index (χ0) is 6.20. The SMILES string of the molecule is CCC1(I)OC(=O)O1. The van der Waals surface area contributed by atoms with E-state index in [1.165, 1.54) is 0 Å². The molecule has 3 nitrogen and oxygen atoms in total. The highest BCUT2D eigenvalue weighted by Crippen LogP contribution is 2.34. The second-order valence-corrected chi connectivity index (χ2v) is 3.11. The summed E-state index contributed by atoms with van der Waals surface area (Å²) in [7, 11) is 0. The Morgan fingerprint density at radius 1 is 1.75 bits per heavy atom. The largest absolute Gasteiger partial charge is 0.516 e. The molecule has 4 heteroatoms. The lowest BCUT2D eigenvalue weighted by Gasteiger charge is -2.33. The van der Waals surface area contributed by atoms with Gasteiger partial charge in [0.15, 0.2) is 0 Å². The fraction of sp³-hybridized carbons (Fsp3) is 0.750. The zero-order valence-corrected chi connectivity index (χ0v) is 6.47. The molecule has 0 aromatic rings. The van der Waals surface area contributed by atoms with E-state index in [9.17, 15) is 4.79 Å². The summed E-state index contributed by atoms with van der Waals surface area (Å²) in [6.07, 6.45) is 0.125.